The largest absolute Gasteiger partial charge is 0.480 e. The number of hydrogen-bond acceptors (Lipinski definition) is 26. The van der Waals surface area contributed by atoms with E-state index in [0.717, 1.165) is 60.7 Å². The Morgan fingerprint density at radius 3 is 1.12 bits per heavy atom. The molecule has 0 radical (unpaired) electrons. The number of cyclic esters (lactones) is 3. The van der Waals surface area contributed by atoms with Crippen LogP contribution in [0.4, 0.5) is 22.8 Å². The quantitative estimate of drug-likeness (QED) is 0.0363. The molecule has 0 unspecified atom stereocenters. The summed E-state index contributed by atoms with van der Waals surface area (Å²) >= 11 is 0. The van der Waals surface area contributed by atoms with Gasteiger partial charge in [-0.2, -0.15) is 8.42 Å². The first-order valence-electron chi connectivity index (χ1n) is 41.6. The van der Waals surface area contributed by atoms with Crippen molar-refractivity contribution in [2.75, 3.05) is 25.9 Å². The van der Waals surface area contributed by atoms with Gasteiger partial charge in [-0.15, -0.1) is 0 Å². The number of hydrogen-bond donors (Lipinski definition) is 11. The summed E-state index contributed by atoms with van der Waals surface area (Å²) in [6.07, 6.45) is 2.81. The van der Waals surface area contributed by atoms with Crippen LogP contribution in [-0.2, 0) is 138 Å². The molecular formula is C89H97F3N12O23S. The molecule has 18 rings (SSSR count). The molecule has 0 fully saturated rings. The van der Waals surface area contributed by atoms with Crippen LogP contribution in [0.25, 0.3) is 66.9 Å². The molecule has 9 aromatic rings. The minimum absolute atomic E-state index is 0.00423. The van der Waals surface area contributed by atoms with Gasteiger partial charge in [0.25, 0.3) is 26.8 Å². The topological polar surface area (TPSA) is 523 Å². The van der Waals surface area contributed by atoms with Gasteiger partial charge in [0.2, 0.25) is 11.8 Å². The lowest BCUT2D eigenvalue weighted by Crippen LogP contribution is -2.44. The van der Waals surface area contributed by atoms with Crippen LogP contribution in [0, 0.1) is 38.2 Å². The van der Waals surface area contributed by atoms with E-state index in [1.807, 2.05) is 0 Å². The number of aromatic nitrogens is 6. The van der Waals surface area contributed by atoms with Gasteiger partial charge in [-0.05, 0) is 188 Å². The number of alkyl carbamates (subject to hydrolysis) is 2. The number of nitrogens with two attached hydrogens (primary N) is 2. The van der Waals surface area contributed by atoms with Crippen molar-refractivity contribution in [1.29, 1.82) is 0 Å². The van der Waals surface area contributed by atoms with Crippen molar-refractivity contribution in [3.63, 3.8) is 0 Å². The van der Waals surface area contributed by atoms with Crippen LogP contribution < -0.4 is 49.4 Å². The van der Waals surface area contributed by atoms with Crippen LogP contribution in [0.1, 0.15) is 219 Å². The maximum absolute atomic E-state index is 15.1. The third-order valence-electron chi connectivity index (χ3n) is 24.6. The van der Waals surface area contributed by atoms with Gasteiger partial charge in [0.15, 0.2) is 16.8 Å². The number of nitrogens with one attached hydrogen (secondary N) is 4. The summed E-state index contributed by atoms with van der Waals surface area (Å²) < 4.78 is 101. The van der Waals surface area contributed by atoms with Crippen LogP contribution in [0.2, 0.25) is 0 Å². The molecule has 0 spiro atoms. The highest BCUT2D eigenvalue weighted by Gasteiger charge is 2.50. The van der Waals surface area contributed by atoms with Gasteiger partial charge in [-0.3, -0.25) is 33.3 Å². The predicted octanol–water partition coefficient (Wildman–Crippen LogP) is 7.32. The van der Waals surface area contributed by atoms with Gasteiger partial charge in [-0.25, -0.2) is 52.1 Å². The van der Waals surface area contributed by atoms with Crippen molar-refractivity contribution in [2.24, 2.45) is 11.5 Å². The summed E-state index contributed by atoms with van der Waals surface area (Å²) in [5.74, 6) is -5.33. The molecule has 35 nitrogen and oxygen atoms in total. The molecule has 4 amide bonds. The molecule has 6 atom stereocenters. The number of carboxylic acids is 1. The zero-order valence-corrected chi connectivity index (χ0v) is 73.2. The van der Waals surface area contributed by atoms with Gasteiger partial charge in [0, 0.05) is 73.8 Å². The fourth-order valence-electron chi connectivity index (χ4n) is 18.4. The summed E-state index contributed by atoms with van der Waals surface area (Å²) in [5.41, 5.74) is 18.2. The second kappa shape index (κ2) is 33.7. The number of ether oxygens (including phenoxy) is 5. The number of carbonyl (C=O) groups excluding carboxylic acids is 7. The Bertz CT molecular complexity index is 6670. The first-order valence-corrected chi connectivity index (χ1v) is 43.4. The van der Waals surface area contributed by atoms with Gasteiger partial charge in [0.05, 0.1) is 112 Å². The van der Waals surface area contributed by atoms with Gasteiger partial charge in [-0.1, -0.05) is 20.8 Å². The number of pyridine rings is 6. The molecule has 39 heteroatoms. The average Bonchev–Trinajstić information content (AvgIpc) is 1.54. The van der Waals surface area contributed by atoms with E-state index in [4.69, 9.17) is 59.8 Å². The molecular weight excluding hydrogens is 1690 g/mol. The van der Waals surface area contributed by atoms with Crippen LogP contribution in [0.15, 0.2) is 50.8 Å². The van der Waals surface area contributed by atoms with Crippen LogP contribution >= 0.6 is 0 Å². The second-order valence-corrected chi connectivity index (χ2v) is 36.4. The highest BCUT2D eigenvalue weighted by Crippen LogP contribution is 2.51. The fourth-order valence-corrected chi connectivity index (χ4v) is 18.4. The molecule has 6 aromatic heterocycles. The molecule has 13 N–H and O–H groups in total. The number of aliphatic hydroxyl groups is 3. The molecule has 3 aromatic carbocycles. The van der Waals surface area contributed by atoms with E-state index >= 15 is 4.39 Å². The Balaban J connectivity index is 0.000000143. The first-order chi connectivity index (χ1) is 60.0. The van der Waals surface area contributed by atoms with Crippen LogP contribution in [-0.4, -0.2) is 147 Å². The average molecular weight is 1790 g/mol. The smallest absolute Gasteiger partial charge is 0.408 e. The molecule has 9 aliphatic rings. The number of carboxylic acid groups (broad SMARTS) is 1. The van der Waals surface area contributed by atoms with Gasteiger partial charge < -0.3 is 90.5 Å². The number of benzene rings is 3. The van der Waals surface area contributed by atoms with E-state index in [-0.39, 0.29) is 146 Å². The van der Waals surface area contributed by atoms with Crippen molar-refractivity contribution in [1.82, 2.24) is 49.9 Å². The molecule has 0 saturated carbocycles. The van der Waals surface area contributed by atoms with Gasteiger partial charge in [0.1, 0.15) is 61.6 Å². The number of nitrogens with zero attached hydrogens (tertiary/aromatic N) is 6. The summed E-state index contributed by atoms with van der Waals surface area (Å²) in [7, 11) is -3.67. The number of rotatable bonds is 10. The third-order valence-corrected chi connectivity index (χ3v) is 24.6. The zero-order chi connectivity index (χ0) is 93.3. The van der Waals surface area contributed by atoms with Crippen LogP contribution in [0.5, 0.6) is 0 Å². The lowest BCUT2D eigenvalue weighted by atomic mass is 9.81. The summed E-state index contributed by atoms with van der Waals surface area (Å²) in [6.45, 7) is 19.5. The summed E-state index contributed by atoms with van der Waals surface area (Å²) in [4.78, 5) is 151. The number of fused-ring (bicyclic) bond motifs is 15. The van der Waals surface area contributed by atoms with E-state index in [0.29, 0.717) is 118 Å². The molecule has 128 heavy (non-hydrogen) atoms. The highest BCUT2D eigenvalue weighted by molar-refractivity contribution is 7.85. The lowest BCUT2D eigenvalue weighted by molar-refractivity contribution is -0.172. The Morgan fingerprint density at radius 2 is 0.812 bits per heavy atom. The van der Waals surface area contributed by atoms with E-state index in [9.17, 15) is 85.3 Å². The Hall–Kier alpha value is -12.4. The molecule has 6 aliphatic heterocycles. The number of amides is 4. The second-order valence-electron chi connectivity index (χ2n) is 34.9. The standard InChI is InChI=1S/C31H33FN4O7.C26H25FN4O5.C24H22FN3O4.C7H13NO4.CH4O3S/c1-6-31(41)18-9-22-26-16(12-36(22)27(38)17(18)13-42-28(31)39)25-20(34-23(37)11-33-29(40)43-30(3,4)5)8-7-15-14(2)19(32)10-21(35-26)24(15)25;1-3-26(35)15-6-19-23-13(9-31(19)24(33)14(15)10-36-25(26)34)22-17(29-20(32)8-28)5-4-12-11(2)16(27)7-18(30-23)21(12)22;1-3-24(31)14-6-18-21-12(8-28(18)22(29)13(14)9-32-23(24)30)19-16(26)5-4-11-10(2)15(25)7-17(27-21)20(11)19;1-7(2,3)12-6(11)8-4-5(9)10;1-5(2,3)4/h9-10,20,41H,6-8,11-13H2,1-5H3,(H,33,40)(H,34,37);6-7,17,35H,3-5,8-10,28H2,1-2H3,(H,29,32);6-7,16,31H,3-5,8-9,26H2,1-2H3;4H2,1-3H3,(H,8,11)(H,9,10);1H3,(H,2,3,4)/t20-,31-;17-,26-;16-,24-;;/m000../s1. The fraction of sp³-hybridized carbons (Fsp3) is 0.438. The molecule has 0 bridgehead atoms. The lowest BCUT2D eigenvalue weighted by Gasteiger charge is -2.31. The third kappa shape index (κ3) is 16.4. The Kier molecular flexibility index (Phi) is 24.1. The molecule has 3 aliphatic carbocycles. The van der Waals surface area contributed by atoms with Crippen molar-refractivity contribution in [3.8, 4) is 34.2 Å². The van der Waals surface area contributed by atoms with E-state index in [2.05, 4.69) is 21.3 Å². The Morgan fingerprint density at radius 1 is 0.508 bits per heavy atom. The van der Waals surface area contributed by atoms with Crippen molar-refractivity contribution in [3.05, 3.63) is 185 Å². The number of aryl methyl sites for hydroxylation is 3. The van der Waals surface area contributed by atoms with E-state index in [1.165, 1.54) is 22.8 Å². The van der Waals surface area contributed by atoms with Crippen molar-refractivity contribution < 1.29 is 109 Å². The number of esters is 3. The number of halogens is 3. The maximum atomic E-state index is 15.1. The number of carbonyl (C=O) groups is 8. The number of aliphatic carboxylic acids is 1. The first kappa shape index (κ1) is 91.8. The SMILES string of the molecule is CC(C)(C)OC(=O)NCC(=O)O.CC[C@@]1(O)C(=O)OCc2c1cc1n(c2=O)Cc2c-1nc1cc(F)c(C)c3c1c2[C@@H](N)CC3.CC[C@@]1(O)C(=O)OCc2c1cc1n(c2=O)Cc2c-1nc1cc(F)c(C)c3c1c2[C@@H](NC(=O)CN)CC3.CC[C@@]1(O)C(=O)OCc2c1cc1n(c2=O)Cc2c-1nc1cc(F)c(C)c3c1c2[C@@H](NC(=O)CNC(=O)OC(C)(C)C)CC3.CS(=O)(=O)O. The Labute approximate surface area is 728 Å². The summed E-state index contributed by atoms with van der Waals surface area (Å²) in [5, 5.41) is 54.4. The normalized spacial score (nSPS) is 20.0. The van der Waals surface area contributed by atoms with Crippen molar-refractivity contribution in [2.45, 2.75) is 226 Å². The maximum Gasteiger partial charge on any atom is 0.408 e. The summed E-state index contributed by atoms with van der Waals surface area (Å²) in [6, 6.07) is 7.91. The van der Waals surface area contributed by atoms with Crippen LogP contribution in [0.3, 0.4) is 0 Å². The molecule has 12 heterocycles. The van der Waals surface area contributed by atoms with Crippen molar-refractivity contribution >= 4 is 90.7 Å². The predicted molar refractivity (Wildman–Crippen MR) is 454 cm³/mol. The van der Waals surface area contributed by atoms with Gasteiger partial charge >= 0.3 is 36.1 Å². The minimum Gasteiger partial charge on any atom is -0.480 e. The highest BCUT2D eigenvalue weighted by atomic mass is 32.2. The van der Waals surface area contributed by atoms with E-state index in [1.54, 1.807) is 110 Å². The van der Waals surface area contributed by atoms with E-state index < -0.39 is 104 Å². The molecule has 678 valence electrons. The minimum atomic E-state index is -3.67. The molecule has 0 saturated heterocycles. The monoisotopic (exact) mass is 1790 g/mol. The zero-order valence-electron chi connectivity index (χ0n) is 72.4.